The Labute approximate surface area is 160 Å². The van der Waals surface area contributed by atoms with Crippen molar-refractivity contribution in [1.29, 1.82) is 0 Å². The van der Waals surface area contributed by atoms with Crippen molar-refractivity contribution in [2.24, 2.45) is 5.92 Å². The molecule has 1 atom stereocenters. The second-order valence-electron chi connectivity index (χ2n) is 7.30. The fourth-order valence-corrected chi connectivity index (χ4v) is 3.58. The summed E-state index contributed by atoms with van der Waals surface area (Å²) >= 11 is 0. The molecule has 1 aromatic carbocycles. The molecule has 5 rings (SSSR count). The number of ether oxygens (including phenoxy) is 1. The van der Waals surface area contributed by atoms with E-state index in [0.29, 0.717) is 35.2 Å². The Morgan fingerprint density at radius 3 is 3.04 bits per heavy atom. The maximum atomic E-state index is 14.0. The zero-order chi connectivity index (χ0) is 19.1. The van der Waals surface area contributed by atoms with Gasteiger partial charge in [-0.1, -0.05) is 12.8 Å². The number of carbonyl (C=O) groups is 1. The maximum Gasteiger partial charge on any atom is 0.256 e. The van der Waals surface area contributed by atoms with E-state index in [-0.39, 0.29) is 24.4 Å². The van der Waals surface area contributed by atoms with Crippen molar-refractivity contribution in [3.05, 3.63) is 53.6 Å². The van der Waals surface area contributed by atoms with Crippen LogP contribution in [0, 0.1) is 11.7 Å². The first-order valence-corrected chi connectivity index (χ1v) is 9.49. The van der Waals surface area contributed by atoms with Crippen LogP contribution >= 0.6 is 0 Å². The molecular formula is C20H20FN5O2. The Hall–Kier alpha value is -3.16. The minimum Gasteiger partial charge on any atom is -0.491 e. The Morgan fingerprint density at radius 1 is 1.29 bits per heavy atom. The smallest absolute Gasteiger partial charge is 0.256 e. The summed E-state index contributed by atoms with van der Waals surface area (Å²) in [7, 11) is 0. The largest absolute Gasteiger partial charge is 0.491 e. The van der Waals surface area contributed by atoms with Crippen LogP contribution in [-0.4, -0.2) is 33.7 Å². The summed E-state index contributed by atoms with van der Waals surface area (Å²) in [5, 5.41) is 10.4. The van der Waals surface area contributed by atoms with E-state index in [1.165, 1.54) is 31.2 Å². The Morgan fingerprint density at radius 2 is 2.18 bits per heavy atom. The minimum atomic E-state index is -0.302. The molecule has 1 aliphatic heterocycles. The van der Waals surface area contributed by atoms with Gasteiger partial charge >= 0.3 is 0 Å². The summed E-state index contributed by atoms with van der Waals surface area (Å²) in [6.07, 6.45) is 6.50. The van der Waals surface area contributed by atoms with Crippen LogP contribution < -0.4 is 15.4 Å². The number of halogens is 1. The van der Waals surface area contributed by atoms with Crippen LogP contribution in [0.1, 0.15) is 41.2 Å². The summed E-state index contributed by atoms with van der Waals surface area (Å²) in [6.45, 7) is 0.614. The average molecular weight is 381 g/mol. The summed E-state index contributed by atoms with van der Waals surface area (Å²) in [6, 6.07) is 6.24. The Bertz CT molecular complexity index is 1050. The number of aromatic nitrogens is 3. The molecule has 1 fully saturated rings. The van der Waals surface area contributed by atoms with Gasteiger partial charge in [0.05, 0.1) is 18.8 Å². The lowest BCUT2D eigenvalue weighted by Gasteiger charge is -2.22. The van der Waals surface area contributed by atoms with Gasteiger partial charge in [0, 0.05) is 11.8 Å². The number of fused-ring (bicyclic) bond motifs is 2. The van der Waals surface area contributed by atoms with E-state index in [0.717, 1.165) is 12.0 Å². The van der Waals surface area contributed by atoms with Crippen LogP contribution in [0.2, 0.25) is 0 Å². The fourth-order valence-electron chi connectivity index (χ4n) is 3.58. The van der Waals surface area contributed by atoms with E-state index < -0.39 is 0 Å². The lowest BCUT2D eigenvalue weighted by molar-refractivity contribution is 0.0948. The molecule has 0 spiro atoms. The molecule has 3 aromatic rings. The number of carbonyl (C=O) groups excluding carboxylic acids is 1. The second kappa shape index (κ2) is 6.78. The standard InChI is InChI=1S/C20H20FN5O2/c21-13-3-4-17-14(10-13)16(9-12-1-2-12)24-18-5-7-26-19(25-18)15(11-23-26)20(27)22-6-8-28-17/h3-5,7,10-12,16H,1-2,6,8-9H2,(H,22,27)(H,24,25). The summed E-state index contributed by atoms with van der Waals surface area (Å²) in [4.78, 5) is 17.1. The maximum absolute atomic E-state index is 14.0. The molecule has 1 aliphatic carbocycles. The van der Waals surface area contributed by atoms with E-state index in [4.69, 9.17) is 4.74 Å². The first-order valence-electron chi connectivity index (χ1n) is 9.49. The molecule has 2 bridgehead atoms. The number of anilines is 1. The summed E-state index contributed by atoms with van der Waals surface area (Å²) in [5.74, 6) is 1.29. The SMILES string of the molecule is O=C1NCCOc2ccc(F)cc2C(CC2CC2)Nc2ccn3ncc1c3n2. The van der Waals surface area contributed by atoms with Crippen LogP contribution in [0.5, 0.6) is 5.75 Å². The highest BCUT2D eigenvalue weighted by atomic mass is 19.1. The van der Waals surface area contributed by atoms with Gasteiger partial charge in [0.2, 0.25) is 0 Å². The lowest BCUT2D eigenvalue weighted by Crippen LogP contribution is -2.28. The number of nitrogens with zero attached hydrogens (tertiary/aromatic N) is 3. The highest BCUT2D eigenvalue weighted by Gasteiger charge is 2.29. The van der Waals surface area contributed by atoms with Gasteiger partial charge in [0.1, 0.15) is 29.6 Å². The van der Waals surface area contributed by atoms with Gasteiger partial charge in [-0.3, -0.25) is 4.79 Å². The molecule has 0 radical (unpaired) electrons. The Kier molecular flexibility index (Phi) is 4.11. The normalized spacial score (nSPS) is 19.6. The molecule has 2 aliphatic rings. The molecule has 28 heavy (non-hydrogen) atoms. The highest BCUT2D eigenvalue weighted by molar-refractivity contribution is 5.99. The second-order valence-corrected chi connectivity index (χ2v) is 7.30. The molecule has 0 saturated heterocycles. The number of nitrogens with one attached hydrogen (secondary N) is 2. The molecule has 1 amide bonds. The molecule has 1 saturated carbocycles. The number of rotatable bonds is 2. The third-order valence-electron chi connectivity index (χ3n) is 5.19. The van der Waals surface area contributed by atoms with Crippen molar-refractivity contribution >= 4 is 17.4 Å². The minimum absolute atomic E-state index is 0.135. The van der Waals surface area contributed by atoms with Crippen LogP contribution in [0.3, 0.4) is 0 Å². The molecule has 8 heteroatoms. The zero-order valence-corrected chi connectivity index (χ0v) is 15.2. The number of hydrogen-bond acceptors (Lipinski definition) is 5. The van der Waals surface area contributed by atoms with E-state index in [2.05, 4.69) is 20.7 Å². The van der Waals surface area contributed by atoms with Crippen LogP contribution in [0.15, 0.2) is 36.7 Å². The van der Waals surface area contributed by atoms with Gasteiger partial charge in [-0.2, -0.15) is 5.10 Å². The zero-order valence-electron chi connectivity index (χ0n) is 15.2. The number of amides is 1. The monoisotopic (exact) mass is 381 g/mol. The first kappa shape index (κ1) is 17.0. The van der Waals surface area contributed by atoms with E-state index >= 15 is 0 Å². The molecular weight excluding hydrogens is 361 g/mol. The molecule has 2 aromatic heterocycles. The molecule has 3 heterocycles. The fraction of sp³-hybridized carbons (Fsp3) is 0.350. The van der Waals surface area contributed by atoms with Gasteiger partial charge < -0.3 is 15.4 Å². The lowest BCUT2D eigenvalue weighted by atomic mass is 9.99. The molecule has 2 N–H and O–H groups in total. The average Bonchev–Trinajstić information content (AvgIpc) is 3.41. The third kappa shape index (κ3) is 3.26. The van der Waals surface area contributed by atoms with Gasteiger partial charge in [0.25, 0.3) is 5.91 Å². The predicted molar refractivity (Wildman–Crippen MR) is 101 cm³/mol. The first-order chi connectivity index (χ1) is 13.7. The summed E-state index contributed by atoms with van der Waals surface area (Å²) < 4.78 is 21.5. The predicted octanol–water partition coefficient (Wildman–Crippen LogP) is 2.94. The topological polar surface area (TPSA) is 80.5 Å². The molecule has 7 nitrogen and oxygen atoms in total. The van der Waals surface area contributed by atoms with Crippen molar-refractivity contribution in [3.63, 3.8) is 0 Å². The highest BCUT2D eigenvalue weighted by Crippen LogP contribution is 2.41. The van der Waals surface area contributed by atoms with Gasteiger partial charge in [-0.15, -0.1) is 0 Å². The van der Waals surface area contributed by atoms with Gasteiger partial charge in [0.15, 0.2) is 5.65 Å². The molecule has 1 unspecified atom stereocenters. The van der Waals surface area contributed by atoms with Gasteiger partial charge in [-0.05, 0) is 36.6 Å². The van der Waals surface area contributed by atoms with Crippen LogP contribution in [-0.2, 0) is 0 Å². The molecule has 144 valence electrons. The van der Waals surface area contributed by atoms with Crippen molar-refractivity contribution in [1.82, 2.24) is 19.9 Å². The summed E-state index contributed by atoms with van der Waals surface area (Å²) in [5.41, 5.74) is 1.66. The quantitative estimate of drug-likeness (QED) is 0.713. The number of hydrogen-bond donors (Lipinski definition) is 2. The van der Waals surface area contributed by atoms with Crippen molar-refractivity contribution in [2.45, 2.75) is 25.3 Å². The van der Waals surface area contributed by atoms with Crippen molar-refractivity contribution in [2.75, 3.05) is 18.5 Å². The number of benzene rings is 1. The van der Waals surface area contributed by atoms with Crippen LogP contribution in [0.25, 0.3) is 5.65 Å². The van der Waals surface area contributed by atoms with Crippen molar-refractivity contribution in [3.8, 4) is 5.75 Å². The van der Waals surface area contributed by atoms with Crippen LogP contribution in [0.4, 0.5) is 10.2 Å². The Balaban J connectivity index is 1.60. The van der Waals surface area contributed by atoms with E-state index in [1.807, 2.05) is 0 Å². The van der Waals surface area contributed by atoms with E-state index in [9.17, 15) is 9.18 Å². The van der Waals surface area contributed by atoms with E-state index in [1.54, 1.807) is 22.8 Å². The van der Waals surface area contributed by atoms with Crippen molar-refractivity contribution < 1.29 is 13.9 Å². The van der Waals surface area contributed by atoms with Gasteiger partial charge in [-0.25, -0.2) is 13.9 Å². The third-order valence-corrected chi connectivity index (χ3v) is 5.19.